The van der Waals surface area contributed by atoms with Crippen LogP contribution in [-0.4, -0.2) is 41.2 Å². The molecule has 1 fully saturated rings. The first-order valence-electron chi connectivity index (χ1n) is 6.86. The Kier molecular flexibility index (Phi) is 5.53. The fourth-order valence-corrected chi connectivity index (χ4v) is 3.19. The summed E-state index contributed by atoms with van der Waals surface area (Å²) < 4.78 is 0. The van der Waals surface area contributed by atoms with Gasteiger partial charge in [0, 0.05) is 24.4 Å². The highest BCUT2D eigenvalue weighted by molar-refractivity contribution is 7.98. The molecule has 0 saturated carbocycles. The van der Waals surface area contributed by atoms with E-state index < -0.39 is 5.97 Å². The van der Waals surface area contributed by atoms with Crippen molar-refractivity contribution in [2.24, 2.45) is 5.92 Å². The van der Waals surface area contributed by atoms with Gasteiger partial charge in [-0.05, 0) is 43.2 Å². The SMILES string of the molecule is CSc1ccc(Cl)c(C(=O)N2CCC(CC(=O)O)CC2)c1. The topological polar surface area (TPSA) is 57.6 Å². The van der Waals surface area contributed by atoms with Crippen molar-refractivity contribution in [2.75, 3.05) is 19.3 Å². The standard InChI is InChI=1S/C15H18ClNO3S/c1-21-11-2-3-13(16)12(9-11)15(20)17-6-4-10(5-7-17)8-14(18)19/h2-3,9-10H,4-8H2,1H3,(H,18,19). The minimum absolute atomic E-state index is 0.0651. The number of nitrogens with zero attached hydrogens (tertiary/aromatic N) is 1. The highest BCUT2D eigenvalue weighted by Crippen LogP contribution is 2.27. The van der Waals surface area contributed by atoms with E-state index in [1.807, 2.05) is 18.4 Å². The number of likely N-dealkylation sites (tertiary alicyclic amines) is 1. The first kappa shape index (κ1) is 16.2. The summed E-state index contributed by atoms with van der Waals surface area (Å²) in [6.07, 6.45) is 3.61. The zero-order chi connectivity index (χ0) is 15.4. The van der Waals surface area contributed by atoms with Gasteiger partial charge in [-0.25, -0.2) is 0 Å². The van der Waals surface area contributed by atoms with E-state index >= 15 is 0 Å². The van der Waals surface area contributed by atoms with Crippen molar-refractivity contribution in [3.8, 4) is 0 Å². The first-order valence-corrected chi connectivity index (χ1v) is 8.46. The Balaban J connectivity index is 2.03. The van der Waals surface area contributed by atoms with Crippen LogP contribution in [0.5, 0.6) is 0 Å². The van der Waals surface area contributed by atoms with Gasteiger partial charge in [0.25, 0.3) is 5.91 Å². The number of thioether (sulfide) groups is 1. The Bertz CT molecular complexity index is 542. The molecule has 0 aliphatic carbocycles. The summed E-state index contributed by atoms with van der Waals surface area (Å²) in [4.78, 5) is 26.0. The first-order chi connectivity index (χ1) is 10.0. The van der Waals surface area contributed by atoms with Crippen molar-refractivity contribution in [1.82, 2.24) is 4.90 Å². The van der Waals surface area contributed by atoms with Crippen molar-refractivity contribution in [1.29, 1.82) is 0 Å². The van der Waals surface area contributed by atoms with E-state index in [1.54, 1.807) is 22.7 Å². The smallest absolute Gasteiger partial charge is 0.303 e. The van der Waals surface area contributed by atoms with Gasteiger partial charge >= 0.3 is 5.97 Å². The Hall–Kier alpha value is -1.20. The zero-order valence-electron chi connectivity index (χ0n) is 11.8. The number of amides is 1. The number of rotatable bonds is 4. The molecule has 0 atom stereocenters. The molecule has 1 aromatic rings. The van der Waals surface area contributed by atoms with Crippen LogP contribution in [0.3, 0.4) is 0 Å². The minimum atomic E-state index is -0.768. The molecule has 0 unspecified atom stereocenters. The Morgan fingerprint density at radius 2 is 2.05 bits per heavy atom. The number of benzene rings is 1. The van der Waals surface area contributed by atoms with Crippen LogP contribution in [0, 0.1) is 5.92 Å². The third kappa shape index (κ3) is 4.14. The summed E-state index contributed by atoms with van der Waals surface area (Å²) in [5.74, 6) is -0.667. The number of carbonyl (C=O) groups is 2. The van der Waals surface area contributed by atoms with Crippen molar-refractivity contribution in [3.63, 3.8) is 0 Å². The van der Waals surface area contributed by atoms with Gasteiger partial charge in [0.05, 0.1) is 10.6 Å². The second-order valence-corrected chi connectivity index (χ2v) is 6.47. The lowest BCUT2D eigenvalue weighted by Gasteiger charge is -2.31. The number of carboxylic acid groups (broad SMARTS) is 1. The lowest BCUT2D eigenvalue weighted by molar-refractivity contribution is -0.138. The number of carboxylic acids is 1. The van der Waals surface area contributed by atoms with Crippen LogP contribution in [0.4, 0.5) is 0 Å². The molecule has 1 aliphatic heterocycles. The van der Waals surface area contributed by atoms with Crippen LogP contribution < -0.4 is 0 Å². The van der Waals surface area contributed by atoms with E-state index in [2.05, 4.69) is 0 Å². The average Bonchev–Trinajstić information content (AvgIpc) is 2.47. The molecule has 1 N–H and O–H groups in total. The third-order valence-corrected chi connectivity index (χ3v) is 4.82. The normalized spacial score (nSPS) is 16.0. The van der Waals surface area contributed by atoms with Gasteiger partial charge in [-0.3, -0.25) is 9.59 Å². The summed E-state index contributed by atoms with van der Waals surface area (Å²) in [6.45, 7) is 1.19. The number of carbonyl (C=O) groups excluding carboxylic acids is 1. The van der Waals surface area contributed by atoms with Crippen molar-refractivity contribution in [3.05, 3.63) is 28.8 Å². The molecule has 2 rings (SSSR count). The molecule has 1 aromatic carbocycles. The van der Waals surface area contributed by atoms with Crippen LogP contribution in [0.2, 0.25) is 5.02 Å². The average molecular weight is 328 g/mol. The lowest BCUT2D eigenvalue weighted by Crippen LogP contribution is -2.39. The van der Waals surface area contributed by atoms with Gasteiger partial charge in [-0.2, -0.15) is 0 Å². The monoisotopic (exact) mass is 327 g/mol. The Labute approximate surface area is 133 Å². The van der Waals surface area contributed by atoms with Gasteiger partial charge in [-0.15, -0.1) is 11.8 Å². The fourth-order valence-electron chi connectivity index (χ4n) is 2.55. The predicted octanol–water partition coefficient (Wildman–Crippen LogP) is 3.39. The number of piperidine rings is 1. The number of hydrogen-bond acceptors (Lipinski definition) is 3. The van der Waals surface area contributed by atoms with Gasteiger partial charge < -0.3 is 10.0 Å². The molecule has 1 saturated heterocycles. The number of aliphatic carboxylic acids is 1. The zero-order valence-corrected chi connectivity index (χ0v) is 13.4. The van der Waals surface area contributed by atoms with Crippen LogP contribution >= 0.6 is 23.4 Å². The fraction of sp³-hybridized carbons (Fsp3) is 0.467. The molecule has 0 bridgehead atoms. The van der Waals surface area contributed by atoms with E-state index in [1.165, 1.54) is 0 Å². The van der Waals surface area contributed by atoms with E-state index in [-0.39, 0.29) is 18.2 Å². The Morgan fingerprint density at radius 3 is 2.62 bits per heavy atom. The third-order valence-electron chi connectivity index (χ3n) is 3.77. The molecule has 6 heteroatoms. The largest absolute Gasteiger partial charge is 0.481 e. The summed E-state index contributed by atoms with van der Waals surface area (Å²) in [6, 6.07) is 5.46. The van der Waals surface area contributed by atoms with Gasteiger partial charge in [0.1, 0.15) is 0 Å². The van der Waals surface area contributed by atoms with Crippen molar-refractivity contribution in [2.45, 2.75) is 24.2 Å². The molecule has 0 spiro atoms. The summed E-state index contributed by atoms with van der Waals surface area (Å²) >= 11 is 7.70. The van der Waals surface area contributed by atoms with E-state index in [0.29, 0.717) is 23.7 Å². The summed E-state index contributed by atoms with van der Waals surface area (Å²) in [7, 11) is 0. The van der Waals surface area contributed by atoms with E-state index in [4.69, 9.17) is 16.7 Å². The van der Waals surface area contributed by atoms with E-state index in [9.17, 15) is 9.59 Å². The minimum Gasteiger partial charge on any atom is -0.481 e. The van der Waals surface area contributed by atoms with Crippen LogP contribution in [0.1, 0.15) is 29.6 Å². The molecule has 0 radical (unpaired) electrons. The van der Waals surface area contributed by atoms with E-state index in [0.717, 1.165) is 17.7 Å². The Morgan fingerprint density at radius 1 is 1.38 bits per heavy atom. The second-order valence-electron chi connectivity index (χ2n) is 5.18. The predicted molar refractivity (Wildman–Crippen MR) is 84.1 cm³/mol. The van der Waals surface area contributed by atoms with Gasteiger partial charge in [0.15, 0.2) is 0 Å². The molecule has 4 nitrogen and oxygen atoms in total. The molecular formula is C15H18ClNO3S. The maximum absolute atomic E-state index is 12.5. The quantitative estimate of drug-likeness (QED) is 0.861. The number of hydrogen-bond donors (Lipinski definition) is 1. The highest BCUT2D eigenvalue weighted by atomic mass is 35.5. The molecule has 1 heterocycles. The lowest BCUT2D eigenvalue weighted by atomic mass is 9.93. The second kappa shape index (κ2) is 7.18. The van der Waals surface area contributed by atoms with Gasteiger partial charge in [-0.1, -0.05) is 11.6 Å². The van der Waals surface area contributed by atoms with Crippen LogP contribution in [0.15, 0.2) is 23.1 Å². The molecule has 114 valence electrons. The summed E-state index contributed by atoms with van der Waals surface area (Å²) in [5.41, 5.74) is 0.528. The van der Waals surface area contributed by atoms with Crippen molar-refractivity contribution < 1.29 is 14.7 Å². The molecule has 1 amide bonds. The highest BCUT2D eigenvalue weighted by Gasteiger charge is 2.26. The maximum Gasteiger partial charge on any atom is 0.303 e. The van der Waals surface area contributed by atoms with Crippen LogP contribution in [0.25, 0.3) is 0 Å². The summed E-state index contributed by atoms with van der Waals surface area (Å²) in [5, 5.41) is 9.28. The van der Waals surface area contributed by atoms with Crippen molar-refractivity contribution >= 4 is 35.2 Å². The molecule has 21 heavy (non-hydrogen) atoms. The molecular weight excluding hydrogens is 310 g/mol. The molecule has 1 aliphatic rings. The van der Waals surface area contributed by atoms with Crippen LogP contribution in [-0.2, 0) is 4.79 Å². The number of halogens is 1. The van der Waals surface area contributed by atoms with Gasteiger partial charge in [0.2, 0.25) is 0 Å². The maximum atomic E-state index is 12.5. The molecule has 0 aromatic heterocycles.